The Kier molecular flexibility index (Phi) is 4.61. The molecule has 1 fully saturated rings. The third-order valence-electron chi connectivity index (χ3n) is 4.34. The van der Waals surface area contributed by atoms with E-state index in [1.807, 2.05) is 11.8 Å². The van der Waals surface area contributed by atoms with Crippen molar-refractivity contribution in [1.82, 2.24) is 15.3 Å². The van der Waals surface area contributed by atoms with E-state index in [-0.39, 0.29) is 0 Å². The van der Waals surface area contributed by atoms with E-state index in [0.717, 1.165) is 35.7 Å². The molecule has 0 saturated heterocycles. The second kappa shape index (κ2) is 6.44. The van der Waals surface area contributed by atoms with Gasteiger partial charge in [0, 0.05) is 17.4 Å². The van der Waals surface area contributed by atoms with Crippen LogP contribution in [0.4, 0.5) is 0 Å². The smallest absolute Gasteiger partial charge is 0.138 e. The molecule has 1 unspecified atom stereocenters. The molecule has 0 radical (unpaired) electrons. The van der Waals surface area contributed by atoms with Gasteiger partial charge in [-0.2, -0.15) is 11.8 Å². The van der Waals surface area contributed by atoms with E-state index in [9.17, 15) is 0 Å². The number of nitrogens with zero attached hydrogens (tertiary/aromatic N) is 2. The Bertz CT molecular complexity index is 471. The van der Waals surface area contributed by atoms with Crippen LogP contribution >= 0.6 is 11.8 Å². The maximum absolute atomic E-state index is 4.80. The van der Waals surface area contributed by atoms with Crippen molar-refractivity contribution in [2.75, 3.05) is 12.3 Å². The van der Waals surface area contributed by atoms with Gasteiger partial charge in [0.1, 0.15) is 5.82 Å². The molecule has 110 valence electrons. The third-order valence-corrected chi connectivity index (χ3v) is 5.21. The first-order chi connectivity index (χ1) is 9.76. The molecule has 1 heterocycles. The summed E-state index contributed by atoms with van der Waals surface area (Å²) in [5, 5.41) is 3.67. The molecule has 1 saturated carbocycles. The van der Waals surface area contributed by atoms with Gasteiger partial charge in [-0.1, -0.05) is 6.92 Å². The van der Waals surface area contributed by atoms with E-state index >= 15 is 0 Å². The van der Waals surface area contributed by atoms with Crippen molar-refractivity contribution < 1.29 is 0 Å². The predicted molar refractivity (Wildman–Crippen MR) is 85.1 cm³/mol. The zero-order chi connectivity index (χ0) is 13.9. The Hall–Kier alpha value is -0.610. The minimum absolute atomic E-state index is 0.779. The molecule has 1 atom stereocenters. The number of aryl methyl sites for hydroxylation is 2. The molecule has 0 aliphatic heterocycles. The van der Waals surface area contributed by atoms with Gasteiger partial charge in [-0.15, -0.1) is 0 Å². The van der Waals surface area contributed by atoms with Crippen LogP contribution in [-0.2, 0) is 18.6 Å². The lowest BCUT2D eigenvalue weighted by Crippen LogP contribution is -2.29. The molecule has 2 aliphatic rings. The molecule has 1 N–H and O–H groups in total. The Morgan fingerprint density at radius 3 is 2.85 bits per heavy atom. The highest BCUT2D eigenvalue weighted by Gasteiger charge is 2.25. The van der Waals surface area contributed by atoms with Crippen molar-refractivity contribution in [3.8, 4) is 0 Å². The molecular formula is C16H25N3S. The molecule has 20 heavy (non-hydrogen) atoms. The Morgan fingerprint density at radius 1 is 1.25 bits per heavy atom. The largest absolute Gasteiger partial charge is 0.314 e. The SMILES string of the molecule is CCSCc1nc(C)c2c(n1)CCC(CNC1CC1)C2. The van der Waals surface area contributed by atoms with Crippen LogP contribution < -0.4 is 5.32 Å². The van der Waals surface area contributed by atoms with E-state index in [1.54, 1.807) is 0 Å². The lowest BCUT2D eigenvalue weighted by molar-refractivity contribution is 0.416. The van der Waals surface area contributed by atoms with E-state index < -0.39 is 0 Å². The van der Waals surface area contributed by atoms with Crippen LogP contribution in [0.1, 0.15) is 49.0 Å². The third kappa shape index (κ3) is 3.53. The summed E-state index contributed by atoms with van der Waals surface area (Å²) in [6, 6.07) is 0.821. The summed E-state index contributed by atoms with van der Waals surface area (Å²) in [4.78, 5) is 9.51. The average molecular weight is 291 g/mol. The van der Waals surface area contributed by atoms with Crippen LogP contribution in [0, 0.1) is 12.8 Å². The van der Waals surface area contributed by atoms with Gasteiger partial charge in [-0.05, 0) is 62.8 Å². The van der Waals surface area contributed by atoms with E-state index in [4.69, 9.17) is 9.97 Å². The monoisotopic (exact) mass is 291 g/mol. The molecular weight excluding hydrogens is 266 g/mol. The number of thioether (sulfide) groups is 1. The first-order valence-corrected chi connectivity index (χ1v) is 9.08. The van der Waals surface area contributed by atoms with Crippen LogP contribution in [0.2, 0.25) is 0 Å². The van der Waals surface area contributed by atoms with Crippen molar-refractivity contribution in [3.63, 3.8) is 0 Å². The number of aromatic nitrogens is 2. The number of hydrogen-bond donors (Lipinski definition) is 1. The molecule has 0 spiro atoms. The molecule has 2 aliphatic carbocycles. The van der Waals surface area contributed by atoms with Crippen LogP contribution in [0.15, 0.2) is 0 Å². The lowest BCUT2D eigenvalue weighted by atomic mass is 9.85. The number of rotatable bonds is 6. The van der Waals surface area contributed by atoms with Crippen molar-refractivity contribution in [2.45, 2.75) is 57.7 Å². The fourth-order valence-corrected chi connectivity index (χ4v) is 3.49. The van der Waals surface area contributed by atoms with E-state index in [1.165, 1.54) is 49.2 Å². The summed E-state index contributed by atoms with van der Waals surface area (Å²) < 4.78 is 0. The topological polar surface area (TPSA) is 37.8 Å². The fraction of sp³-hybridized carbons (Fsp3) is 0.750. The van der Waals surface area contributed by atoms with Gasteiger partial charge in [-0.3, -0.25) is 0 Å². The number of hydrogen-bond acceptors (Lipinski definition) is 4. The van der Waals surface area contributed by atoms with Crippen LogP contribution in [-0.4, -0.2) is 28.3 Å². The minimum atomic E-state index is 0.779. The summed E-state index contributed by atoms with van der Waals surface area (Å²) in [5.41, 5.74) is 3.98. The Morgan fingerprint density at radius 2 is 2.10 bits per heavy atom. The second-order valence-electron chi connectivity index (χ2n) is 6.08. The van der Waals surface area contributed by atoms with Gasteiger partial charge in [0.25, 0.3) is 0 Å². The maximum Gasteiger partial charge on any atom is 0.138 e. The summed E-state index contributed by atoms with van der Waals surface area (Å²) in [5.74, 6) is 3.90. The first kappa shape index (κ1) is 14.3. The van der Waals surface area contributed by atoms with Crippen LogP contribution in [0.5, 0.6) is 0 Å². The summed E-state index contributed by atoms with van der Waals surface area (Å²) >= 11 is 1.90. The van der Waals surface area contributed by atoms with E-state index in [0.29, 0.717) is 0 Å². The number of nitrogens with one attached hydrogen (secondary N) is 1. The molecule has 4 heteroatoms. The number of fused-ring (bicyclic) bond motifs is 1. The molecule has 0 aromatic carbocycles. The quantitative estimate of drug-likeness (QED) is 0.874. The zero-order valence-corrected chi connectivity index (χ0v) is 13.4. The van der Waals surface area contributed by atoms with Crippen LogP contribution in [0.25, 0.3) is 0 Å². The van der Waals surface area contributed by atoms with Gasteiger partial charge in [0.2, 0.25) is 0 Å². The standard InChI is InChI=1S/C16H25N3S/c1-3-20-10-16-18-11(2)14-8-12(4-7-15(14)19-16)9-17-13-5-6-13/h12-13,17H,3-10H2,1-2H3. The Labute approximate surface area is 126 Å². The fourth-order valence-electron chi connectivity index (χ4n) is 2.97. The lowest BCUT2D eigenvalue weighted by Gasteiger charge is -2.25. The maximum atomic E-state index is 4.80. The normalized spacial score (nSPS) is 21.8. The second-order valence-corrected chi connectivity index (χ2v) is 7.35. The van der Waals surface area contributed by atoms with Crippen molar-refractivity contribution in [3.05, 3.63) is 22.8 Å². The highest BCUT2D eigenvalue weighted by Crippen LogP contribution is 2.27. The highest BCUT2D eigenvalue weighted by molar-refractivity contribution is 7.98. The zero-order valence-electron chi connectivity index (χ0n) is 12.6. The van der Waals surface area contributed by atoms with Gasteiger partial charge in [0.05, 0.1) is 5.75 Å². The highest BCUT2D eigenvalue weighted by atomic mass is 32.2. The summed E-state index contributed by atoms with van der Waals surface area (Å²) in [6.07, 6.45) is 6.35. The summed E-state index contributed by atoms with van der Waals surface area (Å²) in [6.45, 7) is 5.53. The minimum Gasteiger partial charge on any atom is -0.314 e. The van der Waals surface area contributed by atoms with Crippen molar-refractivity contribution >= 4 is 11.8 Å². The molecule has 3 nitrogen and oxygen atoms in total. The van der Waals surface area contributed by atoms with Gasteiger partial charge in [-0.25, -0.2) is 9.97 Å². The van der Waals surface area contributed by atoms with Crippen LogP contribution in [0.3, 0.4) is 0 Å². The predicted octanol–water partition coefficient (Wildman–Crippen LogP) is 2.90. The Balaban J connectivity index is 1.65. The van der Waals surface area contributed by atoms with Gasteiger partial charge in [0.15, 0.2) is 0 Å². The first-order valence-electron chi connectivity index (χ1n) is 7.92. The molecule has 1 aromatic rings. The molecule has 1 aromatic heterocycles. The average Bonchev–Trinajstić information content (AvgIpc) is 3.27. The van der Waals surface area contributed by atoms with Gasteiger partial charge >= 0.3 is 0 Å². The molecule has 0 bridgehead atoms. The van der Waals surface area contributed by atoms with Gasteiger partial charge < -0.3 is 5.32 Å². The molecule has 0 amide bonds. The molecule has 3 rings (SSSR count). The van der Waals surface area contributed by atoms with E-state index in [2.05, 4.69) is 19.2 Å². The van der Waals surface area contributed by atoms with Crippen molar-refractivity contribution in [2.24, 2.45) is 5.92 Å². The van der Waals surface area contributed by atoms with Crippen molar-refractivity contribution in [1.29, 1.82) is 0 Å². The summed E-state index contributed by atoms with van der Waals surface area (Å²) in [7, 11) is 0.